The molecule has 0 unspecified atom stereocenters. The molecule has 0 aliphatic carbocycles. The molecule has 0 atom stereocenters. The lowest BCUT2D eigenvalue weighted by Crippen LogP contribution is -2.16. The lowest BCUT2D eigenvalue weighted by molar-refractivity contribution is 0.0527. The average molecular weight is 526 g/mol. The van der Waals surface area contributed by atoms with Gasteiger partial charge in [-0.15, -0.1) is 11.3 Å². The summed E-state index contributed by atoms with van der Waals surface area (Å²) >= 11 is 13.0. The fourth-order valence-corrected chi connectivity index (χ4v) is 4.33. The minimum atomic E-state index is -0.653. The van der Waals surface area contributed by atoms with Gasteiger partial charge in [-0.3, -0.25) is 4.79 Å². The Balaban J connectivity index is 1.78. The van der Waals surface area contributed by atoms with E-state index in [4.69, 9.17) is 37.4 Å². The molecule has 0 aliphatic heterocycles. The van der Waals surface area contributed by atoms with Gasteiger partial charge in [0.25, 0.3) is 5.91 Å². The quantitative estimate of drug-likeness (QED) is 0.382. The number of rotatable bonds is 9. The lowest BCUT2D eigenvalue weighted by Gasteiger charge is -2.08. The summed E-state index contributed by atoms with van der Waals surface area (Å²) in [6.45, 7) is 5.22. The summed E-state index contributed by atoms with van der Waals surface area (Å²) in [6.07, 6.45) is 1.54. The van der Waals surface area contributed by atoms with E-state index in [0.717, 1.165) is 11.3 Å². The number of halogens is 2. The molecular formula is C22H21Cl2N3O6S. The van der Waals surface area contributed by atoms with Crippen LogP contribution in [0.15, 0.2) is 30.5 Å². The highest BCUT2D eigenvalue weighted by Gasteiger charge is 2.28. The smallest absolute Gasteiger partial charge is 0.348 e. The number of hydrogen-bond donors (Lipinski definition) is 1. The highest BCUT2D eigenvalue weighted by Crippen LogP contribution is 2.35. The number of nitrogens with zero attached hydrogens (tertiary/aromatic N) is 2. The zero-order chi connectivity index (χ0) is 24.8. The van der Waals surface area contributed by atoms with Crippen LogP contribution in [-0.4, -0.2) is 40.8 Å². The van der Waals surface area contributed by atoms with Crippen molar-refractivity contribution in [3.05, 3.63) is 62.2 Å². The van der Waals surface area contributed by atoms with Crippen molar-refractivity contribution in [2.45, 2.75) is 27.5 Å². The second-order valence-corrected chi connectivity index (χ2v) is 8.53. The van der Waals surface area contributed by atoms with Gasteiger partial charge in [0.2, 0.25) is 0 Å². The van der Waals surface area contributed by atoms with Gasteiger partial charge in [-0.1, -0.05) is 29.3 Å². The molecule has 34 heavy (non-hydrogen) atoms. The number of ether oxygens (including phenoxy) is 3. The largest absolute Gasteiger partial charge is 0.470 e. The van der Waals surface area contributed by atoms with Gasteiger partial charge in [-0.2, -0.15) is 5.10 Å². The van der Waals surface area contributed by atoms with Gasteiger partial charge in [0.05, 0.1) is 23.8 Å². The molecule has 12 heteroatoms. The van der Waals surface area contributed by atoms with Gasteiger partial charge in [0.1, 0.15) is 20.7 Å². The number of carbonyl (C=O) groups is 3. The fraction of sp³-hybridized carbons (Fsp3) is 0.273. The van der Waals surface area contributed by atoms with Crippen LogP contribution in [0.3, 0.4) is 0 Å². The van der Waals surface area contributed by atoms with Crippen molar-refractivity contribution in [1.29, 1.82) is 0 Å². The highest BCUT2D eigenvalue weighted by atomic mass is 35.5. The monoisotopic (exact) mass is 525 g/mol. The summed E-state index contributed by atoms with van der Waals surface area (Å²) < 4.78 is 17.1. The maximum Gasteiger partial charge on any atom is 0.348 e. The third kappa shape index (κ3) is 5.69. The first-order valence-corrected chi connectivity index (χ1v) is 11.7. The first-order valence-electron chi connectivity index (χ1n) is 10.2. The second-order valence-electron chi connectivity index (χ2n) is 6.72. The minimum Gasteiger partial charge on any atom is -0.470 e. The summed E-state index contributed by atoms with van der Waals surface area (Å²) in [7, 11) is 0. The highest BCUT2D eigenvalue weighted by molar-refractivity contribution is 7.18. The van der Waals surface area contributed by atoms with E-state index in [1.807, 2.05) is 0 Å². The van der Waals surface area contributed by atoms with E-state index in [9.17, 15) is 14.4 Å². The normalized spacial score (nSPS) is 10.6. The van der Waals surface area contributed by atoms with Crippen molar-refractivity contribution in [3.63, 3.8) is 0 Å². The van der Waals surface area contributed by atoms with Crippen molar-refractivity contribution >= 4 is 57.4 Å². The Morgan fingerprint density at radius 2 is 1.79 bits per heavy atom. The van der Waals surface area contributed by atoms with Crippen LogP contribution in [0.25, 0.3) is 0 Å². The summed E-state index contributed by atoms with van der Waals surface area (Å²) in [4.78, 5) is 37.8. The van der Waals surface area contributed by atoms with Crippen LogP contribution in [0.4, 0.5) is 5.00 Å². The maximum absolute atomic E-state index is 12.8. The standard InChI is InChI=1S/C22H21Cl2N3O6S/c1-4-31-21(29)16-12(3)18(22(30)32-5-2)34-20(16)25-19(28)14-9-10-27(26-14)11-33-15-8-6-7-13(23)17(15)24/h6-10H,4-5,11H2,1-3H3,(H,25,28). The molecule has 9 nitrogen and oxygen atoms in total. The first-order chi connectivity index (χ1) is 16.3. The predicted octanol–water partition coefficient (Wildman–Crippen LogP) is 5.20. The van der Waals surface area contributed by atoms with Crippen molar-refractivity contribution in [2.75, 3.05) is 18.5 Å². The molecule has 0 radical (unpaired) electrons. The Bertz CT molecular complexity index is 1220. The SMILES string of the molecule is CCOC(=O)c1sc(NC(=O)c2ccn(COc3cccc(Cl)c3Cl)n2)c(C(=O)OCC)c1C. The number of hydrogen-bond acceptors (Lipinski definition) is 8. The zero-order valence-electron chi connectivity index (χ0n) is 18.5. The molecule has 0 bridgehead atoms. The summed E-state index contributed by atoms with van der Waals surface area (Å²) in [5, 5.41) is 7.61. The molecule has 0 spiro atoms. The van der Waals surface area contributed by atoms with E-state index >= 15 is 0 Å². The predicted molar refractivity (Wildman–Crippen MR) is 128 cm³/mol. The number of carbonyl (C=O) groups excluding carboxylic acids is 3. The number of anilines is 1. The number of esters is 2. The fourth-order valence-electron chi connectivity index (χ4n) is 2.89. The average Bonchev–Trinajstić information content (AvgIpc) is 3.40. The number of nitrogens with one attached hydrogen (secondary N) is 1. The summed E-state index contributed by atoms with van der Waals surface area (Å²) in [6, 6.07) is 6.47. The van der Waals surface area contributed by atoms with E-state index in [1.54, 1.807) is 45.2 Å². The van der Waals surface area contributed by atoms with Crippen molar-refractivity contribution in [1.82, 2.24) is 9.78 Å². The van der Waals surface area contributed by atoms with E-state index in [-0.39, 0.29) is 46.1 Å². The number of benzene rings is 1. The molecule has 0 saturated carbocycles. The Labute approximate surface area is 209 Å². The van der Waals surface area contributed by atoms with Gasteiger partial charge in [0.15, 0.2) is 12.4 Å². The first kappa shape index (κ1) is 25.5. The van der Waals surface area contributed by atoms with Crippen LogP contribution in [0.1, 0.15) is 49.9 Å². The van der Waals surface area contributed by atoms with Crippen molar-refractivity contribution < 1.29 is 28.6 Å². The molecule has 1 amide bonds. The molecule has 1 aromatic carbocycles. The van der Waals surface area contributed by atoms with Crippen LogP contribution in [-0.2, 0) is 16.2 Å². The Morgan fingerprint density at radius 1 is 1.09 bits per heavy atom. The molecular weight excluding hydrogens is 505 g/mol. The molecule has 1 N–H and O–H groups in total. The van der Waals surface area contributed by atoms with Crippen LogP contribution < -0.4 is 10.1 Å². The van der Waals surface area contributed by atoms with Gasteiger partial charge in [-0.05, 0) is 44.5 Å². The topological polar surface area (TPSA) is 109 Å². The Morgan fingerprint density at radius 3 is 2.50 bits per heavy atom. The van der Waals surface area contributed by atoms with Crippen LogP contribution in [0.2, 0.25) is 10.0 Å². The second kappa shape index (κ2) is 11.4. The molecule has 0 saturated heterocycles. The minimum absolute atomic E-state index is 0.0213. The maximum atomic E-state index is 12.8. The van der Waals surface area contributed by atoms with E-state index in [1.165, 1.54) is 10.7 Å². The summed E-state index contributed by atoms with van der Waals surface area (Å²) in [5.41, 5.74) is 0.537. The van der Waals surface area contributed by atoms with E-state index < -0.39 is 17.8 Å². The molecule has 0 fully saturated rings. The van der Waals surface area contributed by atoms with E-state index in [0.29, 0.717) is 16.3 Å². The molecule has 3 rings (SSSR count). The number of aromatic nitrogens is 2. The van der Waals surface area contributed by atoms with Crippen LogP contribution >= 0.6 is 34.5 Å². The molecule has 2 heterocycles. The number of amides is 1. The van der Waals surface area contributed by atoms with Gasteiger partial charge < -0.3 is 19.5 Å². The van der Waals surface area contributed by atoms with Crippen molar-refractivity contribution in [2.24, 2.45) is 0 Å². The van der Waals surface area contributed by atoms with Gasteiger partial charge >= 0.3 is 11.9 Å². The molecule has 3 aromatic rings. The zero-order valence-corrected chi connectivity index (χ0v) is 20.8. The molecule has 0 aliphatic rings. The third-order valence-corrected chi connectivity index (χ3v) is 6.44. The molecule has 2 aromatic heterocycles. The Kier molecular flexibility index (Phi) is 8.54. The van der Waals surface area contributed by atoms with Crippen molar-refractivity contribution in [3.8, 4) is 5.75 Å². The third-order valence-electron chi connectivity index (χ3n) is 4.46. The van der Waals surface area contributed by atoms with E-state index in [2.05, 4.69) is 10.4 Å². The lowest BCUT2D eigenvalue weighted by atomic mass is 10.1. The Hall–Kier alpha value is -3.08. The van der Waals surface area contributed by atoms with Crippen LogP contribution in [0, 0.1) is 6.92 Å². The van der Waals surface area contributed by atoms with Gasteiger partial charge in [0, 0.05) is 6.20 Å². The van der Waals surface area contributed by atoms with Crippen LogP contribution in [0.5, 0.6) is 5.75 Å². The summed E-state index contributed by atoms with van der Waals surface area (Å²) in [5.74, 6) is -1.45. The number of thiophene rings is 1. The molecule has 180 valence electrons. The van der Waals surface area contributed by atoms with Gasteiger partial charge in [-0.25, -0.2) is 14.3 Å².